The van der Waals surface area contributed by atoms with E-state index in [1.807, 2.05) is 23.1 Å². The SMILES string of the molecule is COc1cccc2c1CCN(c1cc(C(F)(F)F)ccn1)C2. The molecule has 0 atom stereocenters. The average molecular weight is 308 g/mol. The monoisotopic (exact) mass is 308 g/mol. The van der Waals surface area contributed by atoms with Crippen LogP contribution < -0.4 is 9.64 Å². The molecule has 0 fully saturated rings. The molecule has 0 unspecified atom stereocenters. The van der Waals surface area contributed by atoms with Crippen LogP contribution >= 0.6 is 0 Å². The third-order valence-corrected chi connectivity index (χ3v) is 3.84. The number of rotatable bonds is 2. The molecule has 1 aliphatic heterocycles. The third-order valence-electron chi connectivity index (χ3n) is 3.84. The number of hydrogen-bond donors (Lipinski definition) is 0. The Morgan fingerprint density at radius 2 is 2.05 bits per heavy atom. The van der Waals surface area contributed by atoms with Crippen molar-refractivity contribution in [1.82, 2.24) is 4.98 Å². The van der Waals surface area contributed by atoms with E-state index in [2.05, 4.69) is 4.98 Å². The van der Waals surface area contributed by atoms with Gasteiger partial charge in [-0.2, -0.15) is 13.2 Å². The van der Waals surface area contributed by atoms with Gasteiger partial charge in [0.15, 0.2) is 0 Å². The van der Waals surface area contributed by atoms with Gasteiger partial charge in [-0.05, 0) is 30.2 Å². The second-order valence-corrected chi connectivity index (χ2v) is 5.17. The Labute approximate surface area is 126 Å². The molecule has 0 N–H and O–H groups in total. The van der Waals surface area contributed by atoms with Crippen molar-refractivity contribution < 1.29 is 17.9 Å². The number of methoxy groups -OCH3 is 1. The van der Waals surface area contributed by atoms with Crippen LogP contribution in [0.2, 0.25) is 0 Å². The van der Waals surface area contributed by atoms with Crippen molar-refractivity contribution in [2.45, 2.75) is 19.1 Å². The average Bonchev–Trinajstić information content (AvgIpc) is 2.53. The van der Waals surface area contributed by atoms with Crippen LogP contribution in [0.1, 0.15) is 16.7 Å². The van der Waals surface area contributed by atoms with Gasteiger partial charge < -0.3 is 9.64 Å². The van der Waals surface area contributed by atoms with E-state index in [9.17, 15) is 13.2 Å². The first-order valence-corrected chi connectivity index (χ1v) is 6.92. The van der Waals surface area contributed by atoms with E-state index in [1.165, 1.54) is 6.20 Å². The molecule has 0 aliphatic carbocycles. The molecule has 22 heavy (non-hydrogen) atoms. The quantitative estimate of drug-likeness (QED) is 0.846. The molecule has 0 bridgehead atoms. The maximum atomic E-state index is 12.8. The van der Waals surface area contributed by atoms with Crippen LogP contribution in [0.4, 0.5) is 19.0 Å². The number of nitrogens with zero attached hydrogens (tertiary/aromatic N) is 2. The first kappa shape index (κ1) is 14.7. The molecular weight excluding hydrogens is 293 g/mol. The van der Waals surface area contributed by atoms with Gasteiger partial charge in [-0.1, -0.05) is 12.1 Å². The standard InChI is InChI=1S/C16H15F3N2O/c1-22-14-4-2-3-11-10-21(8-6-13(11)14)15-9-12(5-7-20-15)16(17,18)19/h2-5,7,9H,6,8,10H2,1H3. The van der Waals surface area contributed by atoms with E-state index < -0.39 is 11.7 Å². The number of benzene rings is 1. The number of anilines is 1. The maximum absolute atomic E-state index is 12.8. The Morgan fingerprint density at radius 1 is 1.23 bits per heavy atom. The normalized spacial score (nSPS) is 14.6. The van der Waals surface area contributed by atoms with Crippen LogP contribution in [0, 0.1) is 0 Å². The fourth-order valence-corrected chi connectivity index (χ4v) is 2.73. The lowest BCUT2D eigenvalue weighted by Gasteiger charge is -2.30. The number of fused-ring (bicyclic) bond motifs is 1. The summed E-state index contributed by atoms with van der Waals surface area (Å²) in [4.78, 5) is 5.94. The van der Waals surface area contributed by atoms with Gasteiger partial charge in [-0.15, -0.1) is 0 Å². The highest BCUT2D eigenvalue weighted by Gasteiger charge is 2.31. The molecule has 2 heterocycles. The largest absolute Gasteiger partial charge is 0.496 e. The van der Waals surface area contributed by atoms with Crippen molar-refractivity contribution in [3.05, 3.63) is 53.2 Å². The zero-order chi connectivity index (χ0) is 15.7. The summed E-state index contributed by atoms with van der Waals surface area (Å²) in [5, 5.41) is 0. The lowest BCUT2D eigenvalue weighted by atomic mass is 9.98. The van der Waals surface area contributed by atoms with Crippen LogP contribution in [0.5, 0.6) is 5.75 Å². The summed E-state index contributed by atoms with van der Waals surface area (Å²) in [6, 6.07) is 7.85. The summed E-state index contributed by atoms with van der Waals surface area (Å²) in [6.07, 6.45) is -2.43. The molecule has 0 radical (unpaired) electrons. The van der Waals surface area contributed by atoms with Crippen molar-refractivity contribution in [3.63, 3.8) is 0 Å². The van der Waals surface area contributed by atoms with Crippen LogP contribution in [0.25, 0.3) is 0 Å². The molecule has 6 heteroatoms. The molecule has 0 saturated heterocycles. The fraction of sp³-hybridized carbons (Fsp3) is 0.312. The van der Waals surface area contributed by atoms with Crippen LogP contribution in [0.3, 0.4) is 0 Å². The second kappa shape index (κ2) is 5.51. The summed E-state index contributed by atoms with van der Waals surface area (Å²) in [6.45, 7) is 1.14. The molecule has 0 saturated carbocycles. The summed E-state index contributed by atoms with van der Waals surface area (Å²) in [5.74, 6) is 1.18. The molecule has 3 rings (SSSR count). The highest BCUT2D eigenvalue weighted by atomic mass is 19.4. The zero-order valence-electron chi connectivity index (χ0n) is 12.0. The van der Waals surface area contributed by atoms with Gasteiger partial charge in [-0.3, -0.25) is 0 Å². The number of ether oxygens (including phenoxy) is 1. The van der Waals surface area contributed by atoms with Gasteiger partial charge in [0, 0.05) is 24.8 Å². The predicted molar refractivity (Wildman–Crippen MR) is 77.0 cm³/mol. The molecule has 1 aromatic carbocycles. The summed E-state index contributed by atoms with van der Waals surface area (Å²) >= 11 is 0. The number of alkyl halides is 3. The highest BCUT2D eigenvalue weighted by molar-refractivity contribution is 5.49. The lowest BCUT2D eigenvalue weighted by molar-refractivity contribution is -0.137. The van der Waals surface area contributed by atoms with Crippen molar-refractivity contribution in [1.29, 1.82) is 0 Å². The first-order chi connectivity index (χ1) is 10.5. The Morgan fingerprint density at radius 3 is 2.77 bits per heavy atom. The Balaban J connectivity index is 1.89. The number of aromatic nitrogens is 1. The van der Waals surface area contributed by atoms with E-state index in [1.54, 1.807) is 7.11 Å². The Bertz CT molecular complexity index is 685. The second-order valence-electron chi connectivity index (χ2n) is 5.17. The number of halogens is 3. The smallest absolute Gasteiger partial charge is 0.416 e. The summed E-state index contributed by atoms with van der Waals surface area (Å²) in [7, 11) is 1.62. The Hall–Kier alpha value is -2.24. The molecule has 3 nitrogen and oxygen atoms in total. The van der Waals surface area contributed by atoms with E-state index in [0.29, 0.717) is 18.9 Å². The topological polar surface area (TPSA) is 25.4 Å². The van der Waals surface area contributed by atoms with Gasteiger partial charge in [0.2, 0.25) is 0 Å². The van der Waals surface area contributed by atoms with Gasteiger partial charge in [0.25, 0.3) is 0 Å². The fourth-order valence-electron chi connectivity index (χ4n) is 2.73. The van der Waals surface area contributed by atoms with E-state index in [4.69, 9.17) is 4.74 Å². The maximum Gasteiger partial charge on any atom is 0.416 e. The van der Waals surface area contributed by atoms with Crippen molar-refractivity contribution in [2.24, 2.45) is 0 Å². The number of hydrogen-bond acceptors (Lipinski definition) is 3. The lowest BCUT2D eigenvalue weighted by Crippen LogP contribution is -2.31. The third kappa shape index (κ3) is 2.73. The molecule has 0 amide bonds. The molecule has 0 spiro atoms. The van der Waals surface area contributed by atoms with Gasteiger partial charge in [0.05, 0.1) is 12.7 Å². The van der Waals surface area contributed by atoms with E-state index in [-0.39, 0.29) is 0 Å². The van der Waals surface area contributed by atoms with Gasteiger partial charge >= 0.3 is 6.18 Å². The van der Waals surface area contributed by atoms with Crippen molar-refractivity contribution >= 4 is 5.82 Å². The predicted octanol–water partition coefficient (Wildman–Crippen LogP) is 3.67. The minimum Gasteiger partial charge on any atom is -0.496 e. The summed E-state index contributed by atoms with van der Waals surface area (Å²) < 4.78 is 43.8. The Kier molecular flexibility index (Phi) is 3.68. The zero-order valence-corrected chi connectivity index (χ0v) is 12.0. The molecule has 1 aliphatic rings. The van der Waals surface area contributed by atoms with Crippen molar-refractivity contribution in [2.75, 3.05) is 18.6 Å². The molecular formula is C16H15F3N2O. The van der Waals surface area contributed by atoms with Gasteiger partial charge in [0.1, 0.15) is 11.6 Å². The highest BCUT2D eigenvalue weighted by Crippen LogP contribution is 2.33. The van der Waals surface area contributed by atoms with E-state index in [0.717, 1.165) is 35.4 Å². The summed E-state index contributed by atoms with van der Waals surface area (Å²) in [5.41, 5.74) is 1.51. The first-order valence-electron chi connectivity index (χ1n) is 6.92. The van der Waals surface area contributed by atoms with Crippen LogP contribution in [-0.4, -0.2) is 18.6 Å². The minimum absolute atomic E-state index is 0.350. The number of pyridine rings is 1. The van der Waals surface area contributed by atoms with E-state index >= 15 is 0 Å². The van der Waals surface area contributed by atoms with Crippen LogP contribution in [-0.2, 0) is 19.1 Å². The van der Waals surface area contributed by atoms with Crippen LogP contribution in [0.15, 0.2) is 36.5 Å². The molecule has 2 aromatic rings. The van der Waals surface area contributed by atoms with Gasteiger partial charge in [-0.25, -0.2) is 4.98 Å². The van der Waals surface area contributed by atoms with Crippen molar-refractivity contribution in [3.8, 4) is 5.75 Å². The minimum atomic E-state index is -4.35. The molecule has 1 aromatic heterocycles. The molecule has 116 valence electrons.